The number of aromatic nitrogens is 1. The van der Waals surface area contributed by atoms with Crippen LogP contribution in [0.4, 0.5) is 0 Å². The SMILES string of the molecule is CCCCC(CN)NC(=O)CCCc1ncc(-c2ccccc2)o1. The molecule has 1 heterocycles. The molecule has 1 amide bonds. The number of oxazole rings is 1. The Morgan fingerprint density at radius 3 is 2.79 bits per heavy atom. The van der Waals surface area contributed by atoms with Crippen LogP contribution in [0, 0.1) is 0 Å². The molecule has 1 aromatic heterocycles. The van der Waals surface area contributed by atoms with E-state index in [1.165, 1.54) is 0 Å². The molecule has 1 unspecified atom stereocenters. The molecule has 0 aliphatic carbocycles. The number of hydrogen-bond acceptors (Lipinski definition) is 4. The van der Waals surface area contributed by atoms with Gasteiger partial charge in [0, 0.05) is 31.0 Å². The molecule has 1 atom stereocenters. The van der Waals surface area contributed by atoms with Crippen molar-refractivity contribution in [2.24, 2.45) is 5.73 Å². The molecule has 130 valence electrons. The van der Waals surface area contributed by atoms with Gasteiger partial charge < -0.3 is 15.5 Å². The molecular formula is C19H27N3O2. The largest absolute Gasteiger partial charge is 0.441 e. The summed E-state index contributed by atoms with van der Waals surface area (Å²) in [5.74, 6) is 1.48. The molecule has 0 saturated carbocycles. The lowest BCUT2D eigenvalue weighted by Crippen LogP contribution is -2.40. The molecule has 0 spiro atoms. The minimum absolute atomic E-state index is 0.0522. The Bertz CT molecular complexity index is 610. The van der Waals surface area contributed by atoms with E-state index < -0.39 is 0 Å². The first-order valence-electron chi connectivity index (χ1n) is 8.72. The minimum atomic E-state index is 0.0522. The van der Waals surface area contributed by atoms with E-state index >= 15 is 0 Å². The van der Waals surface area contributed by atoms with Gasteiger partial charge in [0.1, 0.15) is 0 Å². The third-order valence-corrected chi connectivity index (χ3v) is 3.96. The van der Waals surface area contributed by atoms with Gasteiger partial charge >= 0.3 is 0 Å². The van der Waals surface area contributed by atoms with Gasteiger partial charge in [-0.2, -0.15) is 0 Å². The molecule has 24 heavy (non-hydrogen) atoms. The number of nitrogens with two attached hydrogens (primary N) is 1. The molecule has 1 aromatic carbocycles. The maximum atomic E-state index is 12.0. The molecule has 0 aliphatic rings. The molecule has 0 radical (unpaired) electrons. The highest BCUT2D eigenvalue weighted by Crippen LogP contribution is 2.20. The zero-order valence-electron chi connectivity index (χ0n) is 14.3. The van der Waals surface area contributed by atoms with E-state index in [4.69, 9.17) is 10.2 Å². The number of carbonyl (C=O) groups is 1. The standard InChI is InChI=1S/C19H27N3O2/c1-2-3-10-16(13-20)22-18(23)11-7-12-19-21-14-17(24-19)15-8-5-4-6-9-15/h4-6,8-9,14,16H,2-3,7,10-13,20H2,1H3,(H,22,23). The first-order chi connectivity index (χ1) is 11.7. The number of aryl methyl sites for hydroxylation is 1. The summed E-state index contributed by atoms with van der Waals surface area (Å²) in [6.45, 7) is 2.63. The fraction of sp³-hybridized carbons (Fsp3) is 0.474. The van der Waals surface area contributed by atoms with E-state index in [1.54, 1.807) is 6.20 Å². The number of nitrogens with one attached hydrogen (secondary N) is 1. The average molecular weight is 329 g/mol. The molecule has 2 rings (SSSR count). The Morgan fingerprint density at radius 2 is 2.08 bits per heavy atom. The first kappa shape index (κ1) is 18.2. The number of benzene rings is 1. The number of nitrogens with zero attached hydrogens (tertiary/aromatic N) is 1. The monoisotopic (exact) mass is 329 g/mol. The number of rotatable bonds is 10. The van der Waals surface area contributed by atoms with Crippen LogP contribution in [0.2, 0.25) is 0 Å². The van der Waals surface area contributed by atoms with Crippen molar-refractivity contribution in [1.29, 1.82) is 0 Å². The lowest BCUT2D eigenvalue weighted by molar-refractivity contribution is -0.121. The van der Waals surface area contributed by atoms with Gasteiger partial charge in [-0.3, -0.25) is 4.79 Å². The quantitative estimate of drug-likeness (QED) is 0.701. The maximum absolute atomic E-state index is 12.0. The summed E-state index contributed by atoms with van der Waals surface area (Å²) in [5, 5.41) is 3.00. The van der Waals surface area contributed by atoms with E-state index in [0.717, 1.165) is 30.6 Å². The van der Waals surface area contributed by atoms with Gasteiger partial charge in [0.05, 0.1) is 6.20 Å². The molecule has 5 nitrogen and oxygen atoms in total. The summed E-state index contributed by atoms with van der Waals surface area (Å²) in [5.41, 5.74) is 6.71. The van der Waals surface area contributed by atoms with Crippen LogP contribution in [-0.4, -0.2) is 23.5 Å². The van der Waals surface area contributed by atoms with E-state index in [-0.39, 0.29) is 11.9 Å². The third-order valence-electron chi connectivity index (χ3n) is 3.96. The highest BCUT2D eigenvalue weighted by molar-refractivity contribution is 5.76. The lowest BCUT2D eigenvalue weighted by atomic mass is 10.1. The first-order valence-corrected chi connectivity index (χ1v) is 8.72. The minimum Gasteiger partial charge on any atom is -0.441 e. The number of unbranched alkanes of at least 4 members (excludes halogenated alkanes) is 1. The van der Waals surface area contributed by atoms with Gasteiger partial charge in [-0.25, -0.2) is 4.98 Å². The molecule has 2 aromatic rings. The van der Waals surface area contributed by atoms with Gasteiger partial charge in [0.2, 0.25) is 5.91 Å². The Hall–Kier alpha value is -2.14. The summed E-state index contributed by atoms with van der Waals surface area (Å²) >= 11 is 0. The van der Waals surface area contributed by atoms with Crippen molar-refractivity contribution in [2.75, 3.05) is 6.54 Å². The summed E-state index contributed by atoms with van der Waals surface area (Å²) in [7, 11) is 0. The third kappa shape index (κ3) is 5.81. The maximum Gasteiger partial charge on any atom is 0.220 e. The van der Waals surface area contributed by atoms with Crippen LogP contribution < -0.4 is 11.1 Å². The van der Waals surface area contributed by atoms with Crippen LogP contribution >= 0.6 is 0 Å². The van der Waals surface area contributed by atoms with E-state index in [1.807, 2.05) is 30.3 Å². The van der Waals surface area contributed by atoms with Crippen LogP contribution in [0.1, 0.15) is 44.9 Å². The molecule has 0 saturated heterocycles. The van der Waals surface area contributed by atoms with Gasteiger partial charge in [-0.15, -0.1) is 0 Å². The van der Waals surface area contributed by atoms with Gasteiger partial charge in [0.15, 0.2) is 11.7 Å². The van der Waals surface area contributed by atoms with Gasteiger partial charge in [0.25, 0.3) is 0 Å². The van der Waals surface area contributed by atoms with Crippen molar-refractivity contribution in [2.45, 2.75) is 51.5 Å². The normalized spacial score (nSPS) is 12.1. The van der Waals surface area contributed by atoms with Crippen molar-refractivity contribution < 1.29 is 9.21 Å². The Labute approximate surface area is 143 Å². The zero-order chi connectivity index (χ0) is 17.2. The Morgan fingerprint density at radius 1 is 1.29 bits per heavy atom. The second-order valence-electron chi connectivity index (χ2n) is 5.98. The van der Waals surface area contributed by atoms with Crippen molar-refractivity contribution >= 4 is 5.91 Å². The predicted octanol–water partition coefficient (Wildman–Crippen LogP) is 3.30. The van der Waals surface area contributed by atoms with Crippen molar-refractivity contribution in [1.82, 2.24) is 10.3 Å². The predicted molar refractivity (Wildman–Crippen MR) is 95.4 cm³/mol. The summed E-state index contributed by atoms with van der Waals surface area (Å²) in [6.07, 6.45) is 6.71. The average Bonchev–Trinajstić information content (AvgIpc) is 3.08. The van der Waals surface area contributed by atoms with E-state index in [9.17, 15) is 4.79 Å². The summed E-state index contributed by atoms with van der Waals surface area (Å²) in [6, 6.07) is 9.96. The Kier molecular flexibility index (Phi) is 7.49. The van der Waals surface area contributed by atoms with E-state index in [2.05, 4.69) is 17.2 Å². The Balaban J connectivity index is 1.74. The second kappa shape index (κ2) is 9.88. The smallest absolute Gasteiger partial charge is 0.220 e. The fourth-order valence-electron chi connectivity index (χ4n) is 2.56. The molecular weight excluding hydrogens is 302 g/mol. The number of carbonyl (C=O) groups excluding carboxylic acids is 1. The molecule has 5 heteroatoms. The highest BCUT2D eigenvalue weighted by atomic mass is 16.4. The van der Waals surface area contributed by atoms with E-state index in [0.29, 0.717) is 31.7 Å². The summed E-state index contributed by atoms with van der Waals surface area (Å²) < 4.78 is 5.74. The highest BCUT2D eigenvalue weighted by Gasteiger charge is 2.11. The van der Waals surface area contributed by atoms with Crippen molar-refractivity contribution in [3.63, 3.8) is 0 Å². The molecule has 0 fully saturated rings. The number of hydrogen-bond donors (Lipinski definition) is 2. The zero-order valence-corrected chi connectivity index (χ0v) is 14.3. The number of amides is 1. The van der Waals surface area contributed by atoms with Crippen LogP contribution in [0.25, 0.3) is 11.3 Å². The van der Waals surface area contributed by atoms with Gasteiger partial charge in [-0.05, 0) is 12.8 Å². The van der Waals surface area contributed by atoms with Crippen molar-refractivity contribution in [3.8, 4) is 11.3 Å². The molecule has 0 bridgehead atoms. The van der Waals surface area contributed by atoms with Crippen LogP contribution in [0.5, 0.6) is 0 Å². The molecule has 3 N–H and O–H groups in total. The second-order valence-corrected chi connectivity index (χ2v) is 5.98. The van der Waals surface area contributed by atoms with Crippen LogP contribution in [0.15, 0.2) is 40.9 Å². The van der Waals surface area contributed by atoms with Gasteiger partial charge in [-0.1, -0.05) is 50.1 Å². The van der Waals surface area contributed by atoms with Crippen LogP contribution in [-0.2, 0) is 11.2 Å². The lowest BCUT2D eigenvalue weighted by Gasteiger charge is -2.16. The topological polar surface area (TPSA) is 81.1 Å². The fourth-order valence-corrected chi connectivity index (χ4v) is 2.56. The van der Waals surface area contributed by atoms with Crippen molar-refractivity contribution in [3.05, 3.63) is 42.4 Å². The molecule has 0 aliphatic heterocycles. The van der Waals surface area contributed by atoms with Crippen LogP contribution in [0.3, 0.4) is 0 Å². The summed E-state index contributed by atoms with van der Waals surface area (Å²) in [4.78, 5) is 16.3.